The molecule has 0 fully saturated rings. The number of hydrogen-bond donors (Lipinski definition) is 1. The first-order chi connectivity index (χ1) is 7.61. The average Bonchev–Trinajstić information content (AvgIpc) is 2.67. The van der Waals surface area contributed by atoms with E-state index in [2.05, 4.69) is 24.2 Å². The molecule has 0 radical (unpaired) electrons. The summed E-state index contributed by atoms with van der Waals surface area (Å²) in [5, 5.41) is 18.3. The Hall–Kier alpha value is -0.900. The number of unbranched alkanes of at least 4 members (excludes halogenated alkanes) is 2. The molecule has 1 rings (SSSR count). The molecule has 0 saturated carbocycles. The van der Waals surface area contributed by atoms with Crippen LogP contribution in [0.5, 0.6) is 0 Å². The van der Waals surface area contributed by atoms with E-state index in [1.54, 1.807) is 6.20 Å². The monoisotopic (exact) mass is 225 g/mol. The summed E-state index contributed by atoms with van der Waals surface area (Å²) in [6.07, 6.45) is 6.83. The van der Waals surface area contributed by atoms with Gasteiger partial charge in [-0.25, -0.2) is 4.68 Å². The Kier molecular flexibility index (Phi) is 4.93. The zero-order chi connectivity index (χ0) is 12.0. The number of aryl methyl sites for hydroxylation is 1. The SMILES string of the molecule is CCCCCC(C)(O)c1cnnn1CCC. The van der Waals surface area contributed by atoms with Gasteiger partial charge in [-0.1, -0.05) is 38.3 Å². The summed E-state index contributed by atoms with van der Waals surface area (Å²) in [5.41, 5.74) is 0.0406. The molecule has 4 nitrogen and oxygen atoms in total. The largest absolute Gasteiger partial charge is 0.384 e. The zero-order valence-electron chi connectivity index (χ0n) is 10.6. The molecule has 4 heteroatoms. The maximum atomic E-state index is 10.4. The fourth-order valence-electron chi connectivity index (χ4n) is 1.90. The molecule has 0 amide bonds. The van der Waals surface area contributed by atoms with E-state index in [0.29, 0.717) is 0 Å². The first-order valence-corrected chi connectivity index (χ1v) is 6.23. The summed E-state index contributed by atoms with van der Waals surface area (Å²) in [6.45, 7) is 6.93. The van der Waals surface area contributed by atoms with E-state index in [9.17, 15) is 5.11 Å². The molecule has 0 saturated heterocycles. The van der Waals surface area contributed by atoms with Gasteiger partial charge in [0.2, 0.25) is 0 Å². The second-order valence-electron chi connectivity index (χ2n) is 4.57. The number of nitrogens with zero attached hydrogens (tertiary/aromatic N) is 3. The quantitative estimate of drug-likeness (QED) is 0.725. The summed E-state index contributed by atoms with van der Waals surface area (Å²) in [4.78, 5) is 0. The Morgan fingerprint density at radius 1 is 1.31 bits per heavy atom. The molecule has 1 aromatic heterocycles. The predicted octanol–water partition coefficient (Wildman–Crippen LogP) is 2.48. The molecule has 16 heavy (non-hydrogen) atoms. The van der Waals surface area contributed by atoms with Crippen LogP contribution in [0.1, 0.15) is 58.6 Å². The van der Waals surface area contributed by atoms with Gasteiger partial charge in [-0.2, -0.15) is 0 Å². The average molecular weight is 225 g/mol. The van der Waals surface area contributed by atoms with E-state index >= 15 is 0 Å². The molecule has 1 atom stereocenters. The van der Waals surface area contributed by atoms with Crippen LogP contribution in [-0.4, -0.2) is 20.1 Å². The Labute approximate surface area is 97.7 Å². The first-order valence-electron chi connectivity index (χ1n) is 6.23. The van der Waals surface area contributed by atoms with Crippen LogP contribution in [0.4, 0.5) is 0 Å². The summed E-state index contributed by atoms with van der Waals surface area (Å²) >= 11 is 0. The van der Waals surface area contributed by atoms with Crippen LogP contribution >= 0.6 is 0 Å². The molecule has 0 aromatic carbocycles. The third-order valence-corrected chi connectivity index (χ3v) is 2.87. The Balaban J connectivity index is 2.68. The Morgan fingerprint density at radius 3 is 2.69 bits per heavy atom. The molecule has 0 aliphatic heterocycles. The molecule has 0 bridgehead atoms. The normalized spacial score (nSPS) is 15.0. The second-order valence-corrected chi connectivity index (χ2v) is 4.57. The highest BCUT2D eigenvalue weighted by Gasteiger charge is 2.26. The number of aliphatic hydroxyl groups is 1. The lowest BCUT2D eigenvalue weighted by atomic mass is 9.95. The van der Waals surface area contributed by atoms with Crippen molar-refractivity contribution in [3.8, 4) is 0 Å². The van der Waals surface area contributed by atoms with E-state index in [4.69, 9.17) is 0 Å². The summed E-state index contributed by atoms with van der Waals surface area (Å²) < 4.78 is 1.81. The molecule has 92 valence electrons. The van der Waals surface area contributed by atoms with E-state index in [1.807, 2.05) is 11.6 Å². The van der Waals surface area contributed by atoms with Gasteiger partial charge in [0.15, 0.2) is 0 Å². The topological polar surface area (TPSA) is 50.9 Å². The lowest BCUT2D eigenvalue weighted by Gasteiger charge is -2.23. The summed E-state index contributed by atoms with van der Waals surface area (Å²) in [5.74, 6) is 0. The second kappa shape index (κ2) is 5.99. The maximum absolute atomic E-state index is 10.4. The van der Waals surface area contributed by atoms with E-state index in [0.717, 1.165) is 37.9 Å². The van der Waals surface area contributed by atoms with Crippen LogP contribution in [0.15, 0.2) is 6.20 Å². The molecule has 1 unspecified atom stereocenters. The van der Waals surface area contributed by atoms with Crippen molar-refractivity contribution in [2.45, 2.75) is 65.0 Å². The van der Waals surface area contributed by atoms with Crippen LogP contribution in [0, 0.1) is 0 Å². The molecule has 0 spiro atoms. The van der Waals surface area contributed by atoms with Crippen LogP contribution in [-0.2, 0) is 12.1 Å². The van der Waals surface area contributed by atoms with Crippen LogP contribution in [0.25, 0.3) is 0 Å². The number of aromatic nitrogens is 3. The predicted molar refractivity (Wildman–Crippen MR) is 64.0 cm³/mol. The molecular formula is C12H23N3O. The fraction of sp³-hybridized carbons (Fsp3) is 0.833. The van der Waals surface area contributed by atoms with Crippen LogP contribution in [0.2, 0.25) is 0 Å². The lowest BCUT2D eigenvalue weighted by molar-refractivity contribution is 0.0355. The van der Waals surface area contributed by atoms with Crippen LogP contribution < -0.4 is 0 Å². The van der Waals surface area contributed by atoms with Gasteiger partial charge in [-0.15, -0.1) is 5.10 Å². The standard InChI is InChI=1S/C12H23N3O/c1-4-6-7-8-12(3,16)11-10-13-14-15(11)9-5-2/h10,16H,4-9H2,1-3H3. The summed E-state index contributed by atoms with van der Waals surface area (Å²) in [6, 6.07) is 0. The molecule has 1 heterocycles. The Bertz CT molecular complexity index is 307. The van der Waals surface area contributed by atoms with Crippen molar-refractivity contribution in [2.24, 2.45) is 0 Å². The molecule has 1 N–H and O–H groups in total. The minimum Gasteiger partial charge on any atom is -0.384 e. The van der Waals surface area contributed by atoms with E-state index in [1.165, 1.54) is 6.42 Å². The van der Waals surface area contributed by atoms with Crippen molar-refractivity contribution in [1.29, 1.82) is 0 Å². The fourth-order valence-corrected chi connectivity index (χ4v) is 1.90. The van der Waals surface area contributed by atoms with Crippen molar-refractivity contribution in [3.05, 3.63) is 11.9 Å². The minimum absolute atomic E-state index is 0.776. The number of hydrogen-bond acceptors (Lipinski definition) is 3. The highest BCUT2D eigenvalue weighted by Crippen LogP contribution is 2.26. The maximum Gasteiger partial charge on any atom is 0.105 e. The van der Waals surface area contributed by atoms with Gasteiger partial charge >= 0.3 is 0 Å². The van der Waals surface area contributed by atoms with Crippen LogP contribution in [0.3, 0.4) is 0 Å². The van der Waals surface area contributed by atoms with Gasteiger partial charge < -0.3 is 5.11 Å². The Morgan fingerprint density at radius 2 is 2.06 bits per heavy atom. The molecular weight excluding hydrogens is 202 g/mol. The van der Waals surface area contributed by atoms with Gasteiger partial charge in [-0.05, 0) is 19.8 Å². The van der Waals surface area contributed by atoms with Gasteiger partial charge in [-0.3, -0.25) is 0 Å². The molecule has 0 aliphatic rings. The van der Waals surface area contributed by atoms with Crippen molar-refractivity contribution < 1.29 is 5.11 Å². The lowest BCUT2D eigenvalue weighted by Crippen LogP contribution is -2.25. The highest BCUT2D eigenvalue weighted by atomic mass is 16.3. The van der Waals surface area contributed by atoms with Gasteiger partial charge in [0.1, 0.15) is 5.60 Å². The van der Waals surface area contributed by atoms with Gasteiger partial charge in [0, 0.05) is 6.54 Å². The van der Waals surface area contributed by atoms with Crippen molar-refractivity contribution in [1.82, 2.24) is 15.0 Å². The van der Waals surface area contributed by atoms with E-state index in [-0.39, 0.29) is 0 Å². The number of rotatable bonds is 7. The van der Waals surface area contributed by atoms with E-state index < -0.39 is 5.60 Å². The highest BCUT2D eigenvalue weighted by molar-refractivity contribution is 5.06. The van der Waals surface area contributed by atoms with Gasteiger partial charge in [0.05, 0.1) is 11.9 Å². The van der Waals surface area contributed by atoms with Gasteiger partial charge in [0.25, 0.3) is 0 Å². The zero-order valence-corrected chi connectivity index (χ0v) is 10.6. The van der Waals surface area contributed by atoms with Crippen molar-refractivity contribution in [2.75, 3.05) is 0 Å². The van der Waals surface area contributed by atoms with Crippen molar-refractivity contribution >= 4 is 0 Å². The first kappa shape index (κ1) is 13.2. The third kappa shape index (κ3) is 3.30. The smallest absolute Gasteiger partial charge is 0.105 e. The van der Waals surface area contributed by atoms with Crippen molar-refractivity contribution in [3.63, 3.8) is 0 Å². The third-order valence-electron chi connectivity index (χ3n) is 2.87. The minimum atomic E-state index is -0.798. The summed E-state index contributed by atoms with van der Waals surface area (Å²) in [7, 11) is 0. The molecule has 1 aromatic rings. The molecule has 0 aliphatic carbocycles.